The third-order valence-corrected chi connectivity index (χ3v) is 8.54. The Balaban J connectivity index is 1.57. The van der Waals surface area contributed by atoms with Crippen molar-refractivity contribution in [2.45, 2.75) is 29.8 Å². The maximum atomic E-state index is 13.7. The molecule has 0 aliphatic carbocycles. The first-order chi connectivity index (χ1) is 16.2. The van der Waals surface area contributed by atoms with Crippen LogP contribution in [0.2, 0.25) is 0 Å². The molecule has 1 aliphatic heterocycles. The van der Waals surface area contributed by atoms with Crippen LogP contribution in [0.15, 0.2) is 82.8 Å². The molecule has 0 bridgehead atoms. The molecule has 1 N–H and O–H groups in total. The molecule has 2 aromatic heterocycles. The number of hydrogen-bond acceptors (Lipinski definition) is 5. The van der Waals surface area contributed by atoms with Gasteiger partial charge in [-0.2, -0.15) is 5.26 Å². The molecule has 6 nitrogen and oxygen atoms in total. The van der Waals surface area contributed by atoms with Gasteiger partial charge in [0.05, 0.1) is 30.2 Å². The van der Waals surface area contributed by atoms with Gasteiger partial charge in [-0.15, -0.1) is 11.3 Å². The number of nitrogens with one attached hydrogen (secondary N) is 1. The molecule has 0 radical (unpaired) electrons. The van der Waals surface area contributed by atoms with E-state index >= 15 is 0 Å². The number of nitriles is 1. The van der Waals surface area contributed by atoms with Crippen molar-refractivity contribution in [2.75, 3.05) is 11.4 Å². The number of H-pyrrole nitrogens is 1. The lowest BCUT2D eigenvalue weighted by molar-refractivity contribution is 0.336. The number of nitrogens with zero attached hydrogens (tertiary/aromatic N) is 4. The Morgan fingerprint density at radius 1 is 1.18 bits per heavy atom. The van der Waals surface area contributed by atoms with Crippen molar-refractivity contribution in [3.05, 3.63) is 101 Å². The molecule has 33 heavy (non-hydrogen) atoms. The highest BCUT2D eigenvalue weighted by molar-refractivity contribution is 7.85. The Kier molecular flexibility index (Phi) is 6.35. The first-order valence-corrected chi connectivity index (χ1v) is 12.7. The Morgan fingerprint density at radius 2 is 2.06 bits per heavy atom. The third kappa shape index (κ3) is 4.76. The summed E-state index contributed by atoms with van der Waals surface area (Å²) >= 11 is 1.51. The zero-order valence-corrected chi connectivity index (χ0v) is 19.6. The van der Waals surface area contributed by atoms with E-state index < -0.39 is 11.0 Å². The van der Waals surface area contributed by atoms with Crippen molar-refractivity contribution < 1.29 is 4.21 Å². The Labute approximate surface area is 199 Å². The topological polar surface area (TPSA) is 76.0 Å². The monoisotopic (exact) mass is 473 g/mol. The fourth-order valence-corrected chi connectivity index (χ4v) is 6.61. The Bertz CT molecular complexity index is 1270. The standard InChI is InChI=1S/C25H23N5OS2/c26-13-20-8-9-24-21(11-20)15-30(33(31)25-7-4-10-32-25)23(12-19-5-2-1-3-6-19)17-29(24)16-22-14-27-18-28-22/h1-11,14,18,23H,12,15-17H2,(H,27,28)/t23-,33?/m1/s1. The number of fused-ring (bicyclic) bond motifs is 1. The van der Waals surface area contributed by atoms with Crippen molar-refractivity contribution in [1.82, 2.24) is 14.3 Å². The molecule has 0 saturated carbocycles. The van der Waals surface area contributed by atoms with Gasteiger partial charge in [-0.25, -0.2) is 13.5 Å². The number of imidazole rings is 1. The number of rotatable bonds is 6. The molecule has 5 rings (SSSR count). The van der Waals surface area contributed by atoms with Crippen molar-refractivity contribution in [3.8, 4) is 6.07 Å². The second-order valence-corrected chi connectivity index (χ2v) is 10.6. The van der Waals surface area contributed by atoms with Gasteiger partial charge in [0.15, 0.2) is 0 Å². The van der Waals surface area contributed by atoms with Gasteiger partial charge in [0.25, 0.3) is 0 Å². The molecule has 2 atom stereocenters. The highest BCUT2D eigenvalue weighted by Crippen LogP contribution is 2.33. The van der Waals surface area contributed by atoms with E-state index in [-0.39, 0.29) is 6.04 Å². The van der Waals surface area contributed by atoms with E-state index in [1.54, 1.807) is 6.33 Å². The summed E-state index contributed by atoms with van der Waals surface area (Å²) in [5.74, 6) is 0. The van der Waals surface area contributed by atoms with Crippen LogP contribution in [-0.2, 0) is 30.5 Å². The van der Waals surface area contributed by atoms with Gasteiger partial charge in [0.2, 0.25) is 0 Å². The van der Waals surface area contributed by atoms with Crippen molar-refractivity contribution >= 4 is 28.0 Å². The van der Waals surface area contributed by atoms with Gasteiger partial charge in [0.1, 0.15) is 15.2 Å². The number of thiophene rings is 1. The van der Waals surface area contributed by atoms with Crippen molar-refractivity contribution in [3.63, 3.8) is 0 Å². The van der Waals surface area contributed by atoms with Gasteiger partial charge in [0, 0.05) is 31.0 Å². The minimum absolute atomic E-state index is 0.0104. The molecular weight excluding hydrogens is 450 g/mol. The fourth-order valence-electron chi connectivity index (χ4n) is 4.28. The number of anilines is 1. The van der Waals surface area contributed by atoms with Crippen LogP contribution in [0.5, 0.6) is 0 Å². The normalized spacial score (nSPS) is 17.2. The molecule has 3 heterocycles. The smallest absolute Gasteiger partial charge is 0.138 e. The lowest BCUT2D eigenvalue weighted by atomic mass is 10.1. The molecule has 1 unspecified atom stereocenters. The van der Waals surface area contributed by atoms with Crippen LogP contribution in [0.1, 0.15) is 22.4 Å². The van der Waals surface area contributed by atoms with Gasteiger partial charge in [-0.3, -0.25) is 0 Å². The summed E-state index contributed by atoms with van der Waals surface area (Å²) in [6.07, 6.45) is 4.30. The van der Waals surface area contributed by atoms with Gasteiger partial charge in [-0.1, -0.05) is 36.4 Å². The van der Waals surface area contributed by atoms with E-state index in [1.165, 1.54) is 16.9 Å². The predicted octanol–water partition coefficient (Wildman–Crippen LogP) is 4.50. The zero-order valence-electron chi connectivity index (χ0n) is 17.9. The van der Waals surface area contributed by atoms with E-state index in [1.807, 2.05) is 60.1 Å². The molecule has 0 saturated heterocycles. The summed E-state index contributed by atoms with van der Waals surface area (Å²) in [6, 6.07) is 22.3. The molecule has 0 fully saturated rings. The number of benzene rings is 2. The quantitative estimate of drug-likeness (QED) is 0.447. The Hall–Kier alpha value is -3.25. The summed E-state index contributed by atoms with van der Waals surface area (Å²) in [5.41, 5.74) is 4.90. The minimum Gasteiger partial charge on any atom is -0.364 e. The molecule has 4 aromatic rings. The summed E-state index contributed by atoms with van der Waals surface area (Å²) in [6.45, 7) is 1.86. The van der Waals surface area contributed by atoms with E-state index in [0.29, 0.717) is 25.2 Å². The van der Waals surface area contributed by atoms with Gasteiger partial charge in [-0.05, 0) is 47.2 Å². The minimum atomic E-state index is -1.30. The number of hydrogen-bond donors (Lipinski definition) is 1. The highest BCUT2D eigenvalue weighted by atomic mass is 32.2. The number of aromatic nitrogens is 2. The molecule has 0 amide bonds. The molecule has 166 valence electrons. The van der Waals surface area contributed by atoms with Gasteiger partial charge < -0.3 is 9.88 Å². The van der Waals surface area contributed by atoms with Crippen LogP contribution >= 0.6 is 11.3 Å². The summed E-state index contributed by atoms with van der Waals surface area (Å²) in [5, 5.41) is 11.5. The van der Waals surface area contributed by atoms with Crippen LogP contribution in [0, 0.1) is 11.3 Å². The van der Waals surface area contributed by atoms with Crippen LogP contribution in [-0.4, -0.2) is 31.1 Å². The summed E-state index contributed by atoms with van der Waals surface area (Å²) < 4.78 is 16.7. The number of aromatic amines is 1. The van der Waals surface area contributed by atoms with Crippen LogP contribution in [0.4, 0.5) is 5.69 Å². The molecular formula is C25H23N5OS2. The third-order valence-electron chi connectivity index (χ3n) is 5.82. The first-order valence-electron chi connectivity index (χ1n) is 10.7. The fraction of sp³-hybridized carbons (Fsp3) is 0.200. The summed E-state index contributed by atoms with van der Waals surface area (Å²) in [4.78, 5) is 9.69. The second kappa shape index (κ2) is 9.71. The Morgan fingerprint density at radius 3 is 2.79 bits per heavy atom. The van der Waals surface area contributed by atoms with Crippen LogP contribution < -0.4 is 4.90 Å². The van der Waals surface area contributed by atoms with E-state index in [2.05, 4.69) is 37.4 Å². The SMILES string of the molecule is N#Cc1ccc2c(c1)CN(S(=O)c1cccs1)[C@H](Cc1ccccc1)CN2Cc1cnc[nH]1. The predicted molar refractivity (Wildman–Crippen MR) is 131 cm³/mol. The highest BCUT2D eigenvalue weighted by Gasteiger charge is 2.32. The maximum absolute atomic E-state index is 13.7. The van der Waals surface area contributed by atoms with E-state index in [9.17, 15) is 9.47 Å². The molecule has 8 heteroatoms. The maximum Gasteiger partial charge on any atom is 0.138 e. The van der Waals surface area contributed by atoms with Crippen molar-refractivity contribution in [1.29, 1.82) is 5.26 Å². The zero-order chi connectivity index (χ0) is 22.6. The molecule has 0 spiro atoms. The average molecular weight is 474 g/mol. The largest absolute Gasteiger partial charge is 0.364 e. The molecule has 2 aromatic carbocycles. The van der Waals surface area contributed by atoms with E-state index in [4.69, 9.17) is 0 Å². The lowest BCUT2D eigenvalue weighted by Crippen LogP contribution is -2.43. The second-order valence-electron chi connectivity index (χ2n) is 8.01. The lowest BCUT2D eigenvalue weighted by Gasteiger charge is -2.31. The van der Waals surface area contributed by atoms with Gasteiger partial charge >= 0.3 is 0 Å². The van der Waals surface area contributed by atoms with Crippen LogP contribution in [0.3, 0.4) is 0 Å². The molecule has 1 aliphatic rings. The van der Waals surface area contributed by atoms with Crippen LogP contribution in [0.25, 0.3) is 0 Å². The average Bonchev–Trinajstić information content (AvgIpc) is 3.54. The summed E-state index contributed by atoms with van der Waals surface area (Å²) in [7, 11) is -1.30. The van der Waals surface area contributed by atoms with Crippen molar-refractivity contribution in [2.24, 2.45) is 0 Å². The first kappa shape index (κ1) is 21.6. The van der Waals surface area contributed by atoms with E-state index in [0.717, 1.165) is 27.6 Å².